The van der Waals surface area contributed by atoms with Gasteiger partial charge in [-0.2, -0.15) is 0 Å². The van der Waals surface area contributed by atoms with Crippen molar-refractivity contribution in [3.05, 3.63) is 29.3 Å². The molecule has 0 spiro atoms. The van der Waals surface area contributed by atoms with E-state index in [1.165, 1.54) is 0 Å². The van der Waals surface area contributed by atoms with Gasteiger partial charge >= 0.3 is 7.12 Å². The molecule has 0 aromatic heterocycles. The van der Waals surface area contributed by atoms with Crippen LogP contribution in [0.4, 0.5) is 17.6 Å². The predicted octanol–water partition coefficient (Wildman–Crippen LogP) is -0.0772. The van der Waals surface area contributed by atoms with Crippen molar-refractivity contribution in [3.63, 3.8) is 0 Å². The van der Waals surface area contributed by atoms with E-state index in [1.54, 1.807) is 0 Å². The maximum Gasteiger partial charge on any atom is 0.491 e. The van der Waals surface area contributed by atoms with E-state index in [0.717, 1.165) is 0 Å². The van der Waals surface area contributed by atoms with Crippen LogP contribution < -0.4 is 5.46 Å². The molecule has 0 heterocycles. The molecular weight excluding hydrogens is 191 g/mol. The van der Waals surface area contributed by atoms with Crippen LogP contribution in [0.2, 0.25) is 0 Å². The molecule has 7 heteroatoms. The molecule has 0 aliphatic heterocycles. The summed E-state index contributed by atoms with van der Waals surface area (Å²) in [4.78, 5) is 0. The second-order valence-electron chi connectivity index (χ2n) is 2.26. The van der Waals surface area contributed by atoms with E-state index in [4.69, 9.17) is 10.0 Å². The van der Waals surface area contributed by atoms with Gasteiger partial charge in [-0.3, -0.25) is 0 Å². The smallest absolute Gasteiger partial charge is 0.423 e. The summed E-state index contributed by atoms with van der Waals surface area (Å²) in [6.45, 7) is 0. The molecule has 0 unspecified atom stereocenters. The Labute approximate surface area is 70.6 Å². The van der Waals surface area contributed by atoms with Gasteiger partial charge < -0.3 is 10.0 Å². The summed E-state index contributed by atoms with van der Waals surface area (Å²) >= 11 is 0. The summed E-state index contributed by atoms with van der Waals surface area (Å²) in [6.07, 6.45) is 0. The summed E-state index contributed by atoms with van der Waals surface area (Å²) in [6, 6.07) is 0.179. The molecule has 13 heavy (non-hydrogen) atoms. The van der Waals surface area contributed by atoms with Crippen LogP contribution >= 0.6 is 0 Å². The molecular formula is C6H3BF4O2. The highest BCUT2D eigenvalue weighted by atomic mass is 19.2. The number of hydrogen-bond donors (Lipinski definition) is 2. The van der Waals surface area contributed by atoms with Crippen molar-refractivity contribution < 1.29 is 27.6 Å². The molecule has 0 atom stereocenters. The zero-order chi connectivity index (χ0) is 10.2. The van der Waals surface area contributed by atoms with Crippen LogP contribution in [0.1, 0.15) is 0 Å². The van der Waals surface area contributed by atoms with Gasteiger partial charge in [-0.1, -0.05) is 0 Å². The lowest BCUT2D eigenvalue weighted by Crippen LogP contribution is -2.34. The number of halogens is 4. The van der Waals surface area contributed by atoms with Crippen molar-refractivity contribution in [2.75, 3.05) is 0 Å². The molecule has 2 N–H and O–H groups in total. The Kier molecular flexibility index (Phi) is 2.58. The largest absolute Gasteiger partial charge is 0.491 e. The fraction of sp³-hybridized carbons (Fsp3) is 0. The summed E-state index contributed by atoms with van der Waals surface area (Å²) in [5.41, 5.74) is -1.04. The third kappa shape index (κ3) is 1.66. The zero-order valence-electron chi connectivity index (χ0n) is 6.06. The predicted molar refractivity (Wildman–Crippen MR) is 36.1 cm³/mol. The molecule has 0 saturated carbocycles. The highest BCUT2D eigenvalue weighted by Crippen LogP contribution is 2.12. The van der Waals surface area contributed by atoms with Gasteiger partial charge in [0.1, 0.15) is 0 Å². The molecule has 0 fully saturated rings. The maximum atomic E-state index is 12.6. The van der Waals surface area contributed by atoms with E-state index < -0.39 is 35.9 Å². The van der Waals surface area contributed by atoms with Crippen molar-refractivity contribution in [2.24, 2.45) is 0 Å². The van der Waals surface area contributed by atoms with Gasteiger partial charge in [0, 0.05) is 5.46 Å². The molecule has 0 aliphatic rings. The Morgan fingerprint density at radius 2 is 1.46 bits per heavy atom. The van der Waals surface area contributed by atoms with E-state index in [-0.39, 0.29) is 6.07 Å². The minimum Gasteiger partial charge on any atom is -0.423 e. The van der Waals surface area contributed by atoms with Crippen LogP contribution in [0.5, 0.6) is 0 Å². The van der Waals surface area contributed by atoms with Gasteiger partial charge in [0.25, 0.3) is 0 Å². The molecule has 0 amide bonds. The van der Waals surface area contributed by atoms with Gasteiger partial charge in [0.2, 0.25) is 0 Å². The Morgan fingerprint density at radius 3 is 1.92 bits per heavy atom. The summed E-state index contributed by atoms with van der Waals surface area (Å²) in [7, 11) is -2.38. The molecule has 1 aromatic carbocycles. The first-order chi connectivity index (χ1) is 5.95. The van der Waals surface area contributed by atoms with E-state index in [2.05, 4.69) is 0 Å². The number of hydrogen-bond acceptors (Lipinski definition) is 2. The average Bonchev–Trinajstić information content (AvgIpc) is 2.07. The van der Waals surface area contributed by atoms with Gasteiger partial charge in [-0.25, -0.2) is 17.6 Å². The standard InChI is InChI=1S/C6H3BF4O2/c8-3-1-2(7(12)13)4(9)6(11)5(3)10/h1,12-13H. The van der Waals surface area contributed by atoms with Crippen molar-refractivity contribution in [1.82, 2.24) is 0 Å². The first-order valence-corrected chi connectivity index (χ1v) is 3.14. The summed E-state index contributed by atoms with van der Waals surface area (Å²) < 4.78 is 49.6. The van der Waals surface area contributed by atoms with Gasteiger partial charge in [0.15, 0.2) is 23.3 Å². The third-order valence-corrected chi connectivity index (χ3v) is 1.41. The molecule has 1 aromatic rings. The molecule has 0 saturated heterocycles. The Bertz CT molecular complexity index is 342. The Hall–Kier alpha value is -1.08. The lowest BCUT2D eigenvalue weighted by molar-refractivity contribution is 0.399. The monoisotopic (exact) mass is 194 g/mol. The minimum absolute atomic E-state index is 0.179. The lowest BCUT2D eigenvalue weighted by atomic mass is 9.79. The van der Waals surface area contributed by atoms with Gasteiger partial charge in [-0.05, 0) is 6.07 Å². The first-order valence-electron chi connectivity index (χ1n) is 3.14. The highest BCUT2D eigenvalue weighted by Gasteiger charge is 2.25. The number of rotatable bonds is 1. The van der Waals surface area contributed by atoms with Gasteiger partial charge in [0.05, 0.1) is 0 Å². The van der Waals surface area contributed by atoms with Crippen molar-refractivity contribution in [2.45, 2.75) is 0 Å². The van der Waals surface area contributed by atoms with E-state index in [0.29, 0.717) is 0 Å². The minimum atomic E-state index is -2.38. The fourth-order valence-electron chi connectivity index (χ4n) is 0.779. The van der Waals surface area contributed by atoms with Crippen LogP contribution in [0, 0.1) is 23.3 Å². The average molecular weight is 194 g/mol. The second kappa shape index (κ2) is 3.35. The van der Waals surface area contributed by atoms with E-state index in [1.807, 2.05) is 0 Å². The highest BCUT2D eigenvalue weighted by molar-refractivity contribution is 6.58. The van der Waals surface area contributed by atoms with Crippen LogP contribution in [-0.2, 0) is 0 Å². The van der Waals surface area contributed by atoms with Crippen LogP contribution in [0.3, 0.4) is 0 Å². The SMILES string of the molecule is OB(O)c1cc(F)c(F)c(F)c1F. The summed E-state index contributed by atoms with van der Waals surface area (Å²) in [5.74, 6) is -7.54. The lowest BCUT2D eigenvalue weighted by Gasteiger charge is -2.03. The van der Waals surface area contributed by atoms with Crippen molar-refractivity contribution in [1.29, 1.82) is 0 Å². The molecule has 2 nitrogen and oxygen atoms in total. The molecule has 70 valence electrons. The Balaban J connectivity index is 3.41. The van der Waals surface area contributed by atoms with Crippen molar-refractivity contribution >= 4 is 12.6 Å². The summed E-state index contributed by atoms with van der Waals surface area (Å²) in [5, 5.41) is 16.8. The molecule has 0 aliphatic carbocycles. The Morgan fingerprint density at radius 1 is 0.923 bits per heavy atom. The van der Waals surface area contributed by atoms with Crippen LogP contribution in [0.25, 0.3) is 0 Å². The maximum absolute atomic E-state index is 12.6. The van der Waals surface area contributed by atoms with Gasteiger partial charge in [-0.15, -0.1) is 0 Å². The number of benzene rings is 1. The topological polar surface area (TPSA) is 40.5 Å². The normalized spacial score (nSPS) is 10.3. The molecule has 1 rings (SSSR count). The quantitative estimate of drug-likeness (QED) is 0.284. The first kappa shape index (κ1) is 10.0. The van der Waals surface area contributed by atoms with E-state index >= 15 is 0 Å². The van der Waals surface area contributed by atoms with Crippen LogP contribution in [0.15, 0.2) is 6.07 Å². The van der Waals surface area contributed by atoms with Crippen LogP contribution in [-0.4, -0.2) is 17.2 Å². The second-order valence-corrected chi connectivity index (χ2v) is 2.26. The van der Waals surface area contributed by atoms with E-state index in [9.17, 15) is 17.6 Å². The molecule has 0 bridgehead atoms. The zero-order valence-corrected chi connectivity index (χ0v) is 6.06. The fourth-order valence-corrected chi connectivity index (χ4v) is 0.779. The molecule has 0 radical (unpaired) electrons. The van der Waals surface area contributed by atoms with Crippen molar-refractivity contribution in [3.8, 4) is 0 Å². The third-order valence-electron chi connectivity index (χ3n) is 1.41.